The minimum absolute atomic E-state index is 0.000385. The maximum absolute atomic E-state index is 14.4. The Morgan fingerprint density at radius 2 is 2.09 bits per heavy atom. The number of nitrogens with zero attached hydrogens (tertiary/aromatic N) is 4. The van der Waals surface area contributed by atoms with E-state index in [1.165, 1.54) is 24.5 Å². The Bertz CT molecular complexity index is 1360. The van der Waals surface area contributed by atoms with E-state index in [0.717, 1.165) is 6.26 Å². The fourth-order valence-corrected chi connectivity index (χ4v) is 3.88. The van der Waals surface area contributed by atoms with Gasteiger partial charge in [0.15, 0.2) is 0 Å². The Balaban J connectivity index is 1.96. The molecule has 0 aliphatic rings. The minimum Gasteiger partial charge on any atom is -0.382 e. The molecule has 0 radical (unpaired) electrons. The first-order valence-electron chi connectivity index (χ1n) is 9.93. The van der Waals surface area contributed by atoms with Crippen molar-refractivity contribution in [2.45, 2.75) is 19.4 Å². The number of hydrogen-bond donors (Lipinski definition) is 3. The van der Waals surface area contributed by atoms with Crippen molar-refractivity contribution < 1.29 is 17.6 Å². The molecule has 0 aliphatic heterocycles. The van der Waals surface area contributed by atoms with Gasteiger partial charge >= 0.3 is 0 Å². The predicted molar refractivity (Wildman–Crippen MR) is 122 cm³/mol. The molecule has 2 aromatic heterocycles. The lowest BCUT2D eigenvalue weighted by molar-refractivity contribution is 0.0952. The van der Waals surface area contributed by atoms with Gasteiger partial charge in [0.1, 0.15) is 45.3 Å². The third kappa shape index (κ3) is 5.69. The van der Waals surface area contributed by atoms with Crippen LogP contribution in [0.5, 0.6) is 0 Å². The molecule has 1 aromatic carbocycles. The van der Waals surface area contributed by atoms with Crippen molar-refractivity contribution in [3.8, 4) is 6.07 Å². The second-order valence-corrected chi connectivity index (χ2v) is 9.69. The Kier molecular flexibility index (Phi) is 7.03. The van der Waals surface area contributed by atoms with Gasteiger partial charge in [-0.2, -0.15) is 5.26 Å². The van der Waals surface area contributed by atoms with E-state index >= 15 is 0 Å². The molecule has 3 aromatic rings. The number of fused-ring (bicyclic) bond motifs is 1. The number of anilines is 2. The highest BCUT2D eigenvalue weighted by Crippen LogP contribution is 2.27. The van der Waals surface area contributed by atoms with Gasteiger partial charge in [0.25, 0.3) is 5.91 Å². The zero-order valence-corrected chi connectivity index (χ0v) is 18.8. The lowest BCUT2D eigenvalue weighted by Gasteiger charge is -2.19. The fraction of sp³-hybridized carbons (Fsp3) is 0.286. The van der Waals surface area contributed by atoms with Gasteiger partial charge in [-0.3, -0.25) is 4.79 Å². The molecule has 0 saturated heterocycles. The fourth-order valence-electron chi connectivity index (χ4n) is 3.21. The number of nitriles is 1. The molecule has 1 amide bonds. The number of halogens is 1. The van der Waals surface area contributed by atoms with Crippen LogP contribution in [-0.2, 0) is 9.84 Å². The second-order valence-electron chi connectivity index (χ2n) is 7.43. The minimum atomic E-state index is -3.16. The molecular weight excluding hydrogens is 449 g/mol. The van der Waals surface area contributed by atoms with Crippen molar-refractivity contribution in [3.05, 3.63) is 53.2 Å². The van der Waals surface area contributed by atoms with E-state index < -0.39 is 27.6 Å². The third-order valence-electron chi connectivity index (χ3n) is 4.81. The summed E-state index contributed by atoms with van der Waals surface area (Å²) in [4.78, 5) is 25.2. The standard InChI is InChI=1S/C21H22FN7O3S/c1-12(28-20-15(10-23)19(24)26-11-27-20)18-14(21(30)25-7-4-8-33(2,31)32)9-13-16(22)5-3-6-17(13)29-18/h3,5-6,9,11-12H,4,7-8H2,1-2H3,(H,25,30)(H3,24,26,27,28)/t12-/m0/s1. The van der Waals surface area contributed by atoms with Gasteiger partial charge in [-0.25, -0.2) is 27.8 Å². The average Bonchev–Trinajstić information content (AvgIpc) is 2.75. The monoisotopic (exact) mass is 471 g/mol. The summed E-state index contributed by atoms with van der Waals surface area (Å²) in [6.45, 7) is 1.82. The van der Waals surface area contributed by atoms with E-state index in [0.29, 0.717) is 5.52 Å². The number of benzene rings is 1. The predicted octanol–water partition coefficient (Wildman–Crippen LogP) is 1.96. The van der Waals surface area contributed by atoms with Crippen LogP contribution in [0.15, 0.2) is 30.6 Å². The summed E-state index contributed by atoms with van der Waals surface area (Å²) in [7, 11) is -3.16. The van der Waals surface area contributed by atoms with E-state index in [-0.39, 0.29) is 52.6 Å². The molecule has 10 nitrogen and oxygen atoms in total. The highest BCUT2D eigenvalue weighted by Gasteiger charge is 2.22. The number of aromatic nitrogens is 3. The van der Waals surface area contributed by atoms with Gasteiger partial charge < -0.3 is 16.4 Å². The number of hydrogen-bond acceptors (Lipinski definition) is 9. The van der Waals surface area contributed by atoms with Crippen molar-refractivity contribution >= 4 is 38.3 Å². The zero-order chi connectivity index (χ0) is 24.2. The van der Waals surface area contributed by atoms with Crippen LogP contribution in [0.1, 0.15) is 41.0 Å². The first-order valence-corrected chi connectivity index (χ1v) is 12.0. The maximum atomic E-state index is 14.4. The van der Waals surface area contributed by atoms with Crippen molar-refractivity contribution in [2.24, 2.45) is 0 Å². The molecule has 172 valence electrons. The van der Waals surface area contributed by atoms with Crippen molar-refractivity contribution in [1.82, 2.24) is 20.3 Å². The number of carbonyl (C=O) groups excluding carboxylic acids is 1. The first-order chi connectivity index (χ1) is 15.6. The summed E-state index contributed by atoms with van der Waals surface area (Å²) in [6, 6.07) is 7.09. The smallest absolute Gasteiger partial charge is 0.253 e. The first kappa shape index (κ1) is 23.8. The van der Waals surface area contributed by atoms with Gasteiger partial charge in [-0.1, -0.05) is 6.07 Å². The lowest BCUT2D eigenvalue weighted by Crippen LogP contribution is -2.28. The lowest BCUT2D eigenvalue weighted by atomic mass is 10.0. The largest absolute Gasteiger partial charge is 0.382 e. The highest BCUT2D eigenvalue weighted by atomic mass is 32.2. The molecule has 0 spiro atoms. The van der Waals surface area contributed by atoms with Crippen LogP contribution in [0.2, 0.25) is 0 Å². The van der Waals surface area contributed by atoms with E-state index in [2.05, 4.69) is 25.6 Å². The third-order valence-corrected chi connectivity index (χ3v) is 5.84. The number of carbonyl (C=O) groups is 1. The Morgan fingerprint density at radius 1 is 1.33 bits per heavy atom. The van der Waals surface area contributed by atoms with Crippen LogP contribution in [0.3, 0.4) is 0 Å². The molecule has 0 aliphatic carbocycles. The number of nitrogen functional groups attached to an aromatic ring is 1. The second kappa shape index (κ2) is 9.74. The summed E-state index contributed by atoms with van der Waals surface area (Å²) in [5, 5.41) is 15.2. The molecule has 33 heavy (non-hydrogen) atoms. The van der Waals surface area contributed by atoms with E-state index in [1.54, 1.807) is 13.0 Å². The van der Waals surface area contributed by atoms with Crippen molar-refractivity contribution in [3.63, 3.8) is 0 Å². The summed E-state index contributed by atoms with van der Waals surface area (Å²) in [5.74, 6) is -0.978. The molecule has 12 heteroatoms. The van der Waals surface area contributed by atoms with Gasteiger partial charge in [-0.05, 0) is 31.5 Å². The summed E-state index contributed by atoms with van der Waals surface area (Å²) in [5.41, 5.74) is 6.51. The van der Waals surface area contributed by atoms with Crippen LogP contribution >= 0.6 is 0 Å². The molecule has 0 saturated carbocycles. The van der Waals surface area contributed by atoms with Crippen LogP contribution in [0.25, 0.3) is 10.9 Å². The van der Waals surface area contributed by atoms with E-state index in [9.17, 15) is 22.9 Å². The Labute approximate surface area is 190 Å². The summed E-state index contributed by atoms with van der Waals surface area (Å²) >= 11 is 0. The van der Waals surface area contributed by atoms with Gasteiger partial charge in [0, 0.05) is 18.2 Å². The zero-order valence-electron chi connectivity index (χ0n) is 18.0. The van der Waals surface area contributed by atoms with Gasteiger partial charge in [0.05, 0.1) is 28.6 Å². The molecule has 3 rings (SSSR count). The molecule has 0 unspecified atom stereocenters. The topological polar surface area (TPSA) is 164 Å². The molecular formula is C21H22FN7O3S. The highest BCUT2D eigenvalue weighted by molar-refractivity contribution is 7.90. The van der Waals surface area contributed by atoms with Crippen LogP contribution in [0.4, 0.5) is 16.0 Å². The van der Waals surface area contributed by atoms with Crippen LogP contribution < -0.4 is 16.4 Å². The number of rotatable bonds is 8. The Morgan fingerprint density at radius 3 is 2.79 bits per heavy atom. The Hall–Kier alpha value is -3.85. The molecule has 0 fully saturated rings. The van der Waals surface area contributed by atoms with Crippen LogP contribution in [0, 0.1) is 17.1 Å². The van der Waals surface area contributed by atoms with Crippen LogP contribution in [-0.4, -0.2) is 47.8 Å². The van der Waals surface area contributed by atoms with E-state index in [1.807, 2.05) is 6.07 Å². The van der Waals surface area contributed by atoms with Crippen molar-refractivity contribution in [2.75, 3.05) is 29.6 Å². The number of sulfone groups is 1. The quantitative estimate of drug-likeness (QED) is 0.417. The molecule has 0 bridgehead atoms. The summed E-state index contributed by atoms with van der Waals surface area (Å²) in [6.07, 6.45) is 2.55. The number of pyridine rings is 1. The van der Waals surface area contributed by atoms with E-state index in [4.69, 9.17) is 5.73 Å². The number of nitrogens with one attached hydrogen (secondary N) is 2. The maximum Gasteiger partial charge on any atom is 0.253 e. The SMILES string of the molecule is C[C@H](Nc1ncnc(N)c1C#N)c1nc2cccc(F)c2cc1C(=O)NCCCS(C)(=O)=O. The number of amides is 1. The van der Waals surface area contributed by atoms with Crippen molar-refractivity contribution in [1.29, 1.82) is 5.26 Å². The molecule has 1 atom stereocenters. The number of nitrogens with two attached hydrogens (primary N) is 1. The summed E-state index contributed by atoms with van der Waals surface area (Å²) < 4.78 is 37.0. The average molecular weight is 472 g/mol. The molecule has 4 N–H and O–H groups in total. The van der Waals surface area contributed by atoms with Gasteiger partial charge in [-0.15, -0.1) is 0 Å². The van der Waals surface area contributed by atoms with Gasteiger partial charge in [0.2, 0.25) is 0 Å². The normalized spacial score (nSPS) is 12.2. The molecule has 2 heterocycles.